The van der Waals surface area contributed by atoms with E-state index >= 15 is 0 Å². The van der Waals surface area contributed by atoms with Gasteiger partial charge in [0.15, 0.2) is 0 Å². The molecule has 1 aromatic carbocycles. The predicted octanol–water partition coefficient (Wildman–Crippen LogP) is 2.48. The highest BCUT2D eigenvalue weighted by Gasteiger charge is 2.31. The Labute approximate surface area is 154 Å². The summed E-state index contributed by atoms with van der Waals surface area (Å²) in [6, 6.07) is 6.02. The van der Waals surface area contributed by atoms with Crippen LogP contribution in [0.4, 0.5) is 4.39 Å². The van der Waals surface area contributed by atoms with Crippen LogP contribution >= 0.6 is 12.4 Å². The van der Waals surface area contributed by atoms with Crippen molar-refractivity contribution in [3.63, 3.8) is 0 Å². The summed E-state index contributed by atoms with van der Waals surface area (Å²) in [6.07, 6.45) is 3.08. The minimum Gasteiger partial charge on any atom is -0.329 e. The van der Waals surface area contributed by atoms with Crippen LogP contribution in [0, 0.1) is 11.7 Å². The molecule has 1 aromatic heterocycles. The number of para-hydroxylation sites is 1. The highest BCUT2D eigenvalue weighted by atomic mass is 35.5. The monoisotopic (exact) mass is 390 g/mol. The molecule has 0 amide bonds. The molecule has 25 heavy (non-hydrogen) atoms. The molecule has 2 aromatic rings. The van der Waals surface area contributed by atoms with Gasteiger partial charge in [0, 0.05) is 12.1 Å². The summed E-state index contributed by atoms with van der Waals surface area (Å²) in [5.74, 6) is -0.202. The van der Waals surface area contributed by atoms with Crippen molar-refractivity contribution in [2.75, 3.05) is 6.54 Å². The Morgan fingerprint density at radius 3 is 2.56 bits per heavy atom. The van der Waals surface area contributed by atoms with Crippen molar-refractivity contribution in [3.8, 4) is 5.69 Å². The fraction of sp³-hybridized carbons (Fsp3) is 0.438. The van der Waals surface area contributed by atoms with Crippen LogP contribution in [0.25, 0.3) is 5.69 Å². The van der Waals surface area contributed by atoms with E-state index in [2.05, 4.69) is 9.82 Å². The Balaban J connectivity index is 0.00000312. The van der Waals surface area contributed by atoms with Crippen LogP contribution in [0.3, 0.4) is 0 Å². The summed E-state index contributed by atoms with van der Waals surface area (Å²) in [5.41, 5.74) is 5.19. The fourth-order valence-corrected chi connectivity index (χ4v) is 4.02. The summed E-state index contributed by atoms with van der Waals surface area (Å²) in [6.45, 7) is 5.94. The normalized spacial score (nSPS) is 14.2. The molecule has 0 aliphatic heterocycles. The van der Waals surface area contributed by atoms with Gasteiger partial charge in [-0.25, -0.2) is 22.2 Å². The first-order chi connectivity index (χ1) is 11.2. The SMILES string of the molecule is CC(C)CC(C)(CN)NS(=O)(=O)c1cnn(-c2ccccc2F)c1.Cl. The zero-order valence-electron chi connectivity index (χ0n) is 14.4. The lowest BCUT2D eigenvalue weighted by Crippen LogP contribution is -2.51. The number of nitrogens with one attached hydrogen (secondary N) is 1. The molecule has 0 bridgehead atoms. The first kappa shape index (κ1) is 21.6. The highest BCUT2D eigenvalue weighted by Crippen LogP contribution is 2.20. The summed E-state index contributed by atoms with van der Waals surface area (Å²) < 4.78 is 42.9. The van der Waals surface area contributed by atoms with Crippen molar-refractivity contribution in [1.82, 2.24) is 14.5 Å². The number of nitrogens with two attached hydrogens (primary N) is 1. The minimum atomic E-state index is -3.81. The van der Waals surface area contributed by atoms with Crippen molar-refractivity contribution in [2.24, 2.45) is 11.7 Å². The van der Waals surface area contributed by atoms with Gasteiger partial charge in [-0.15, -0.1) is 12.4 Å². The summed E-state index contributed by atoms with van der Waals surface area (Å²) in [4.78, 5) is -0.0332. The topological polar surface area (TPSA) is 90.0 Å². The number of hydrogen-bond acceptors (Lipinski definition) is 4. The van der Waals surface area contributed by atoms with Crippen molar-refractivity contribution in [1.29, 1.82) is 0 Å². The van der Waals surface area contributed by atoms with Crippen molar-refractivity contribution in [2.45, 2.75) is 37.6 Å². The molecule has 6 nitrogen and oxygen atoms in total. The van der Waals surface area contributed by atoms with Crippen molar-refractivity contribution < 1.29 is 12.8 Å². The molecule has 0 fully saturated rings. The molecule has 3 N–H and O–H groups in total. The van der Waals surface area contributed by atoms with Crippen LogP contribution in [-0.4, -0.2) is 30.3 Å². The Morgan fingerprint density at radius 2 is 2.00 bits per heavy atom. The number of hydrogen-bond donors (Lipinski definition) is 2. The summed E-state index contributed by atoms with van der Waals surface area (Å²) in [7, 11) is -3.81. The molecular weight excluding hydrogens is 367 g/mol. The zero-order chi connectivity index (χ0) is 18.0. The molecule has 2 rings (SSSR count). The van der Waals surface area contributed by atoms with Crippen LogP contribution in [-0.2, 0) is 10.0 Å². The lowest BCUT2D eigenvalue weighted by molar-refractivity contribution is 0.344. The van der Waals surface area contributed by atoms with E-state index in [-0.39, 0.29) is 35.5 Å². The van der Waals surface area contributed by atoms with Gasteiger partial charge in [-0.3, -0.25) is 0 Å². The number of nitrogens with zero attached hydrogens (tertiary/aromatic N) is 2. The summed E-state index contributed by atoms with van der Waals surface area (Å²) in [5, 5.41) is 3.96. The third kappa shape index (κ3) is 5.24. The van der Waals surface area contributed by atoms with Gasteiger partial charge in [-0.05, 0) is 31.4 Å². The van der Waals surface area contributed by atoms with E-state index in [9.17, 15) is 12.8 Å². The average Bonchev–Trinajstić information content (AvgIpc) is 2.97. The van der Waals surface area contributed by atoms with E-state index in [1.807, 2.05) is 13.8 Å². The first-order valence-electron chi connectivity index (χ1n) is 7.70. The van der Waals surface area contributed by atoms with Crippen LogP contribution in [0.2, 0.25) is 0 Å². The largest absolute Gasteiger partial charge is 0.329 e. The number of rotatable bonds is 7. The standard InChI is InChI=1S/C16H23FN4O2S.ClH/c1-12(2)8-16(3,11-18)20-24(22,23)13-9-19-21(10-13)15-7-5-4-6-14(15)17;/h4-7,9-10,12,20H,8,11,18H2,1-3H3;1H. The van der Waals surface area contributed by atoms with Gasteiger partial charge < -0.3 is 5.73 Å². The van der Waals surface area contributed by atoms with Gasteiger partial charge in [-0.2, -0.15) is 5.10 Å². The van der Waals surface area contributed by atoms with E-state index in [0.29, 0.717) is 6.42 Å². The minimum absolute atomic E-state index is 0. The van der Waals surface area contributed by atoms with Gasteiger partial charge in [0.25, 0.3) is 0 Å². The molecule has 9 heteroatoms. The fourth-order valence-electron chi connectivity index (χ4n) is 2.67. The molecule has 0 aliphatic rings. The molecule has 0 aliphatic carbocycles. The van der Waals surface area contributed by atoms with Crippen LogP contribution in [0.1, 0.15) is 27.2 Å². The average molecular weight is 391 g/mol. The van der Waals surface area contributed by atoms with Crippen LogP contribution in [0.15, 0.2) is 41.6 Å². The zero-order valence-corrected chi connectivity index (χ0v) is 16.1. The van der Waals surface area contributed by atoms with E-state index in [4.69, 9.17) is 5.73 Å². The molecule has 1 atom stereocenters. The second-order valence-corrected chi connectivity index (χ2v) is 8.22. The van der Waals surface area contributed by atoms with Gasteiger partial charge in [-0.1, -0.05) is 26.0 Å². The second-order valence-electron chi connectivity index (χ2n) is 6.54. The lowest BCUT2D eigenvalue weighted by Gasteiger charge is -2.30. The second kappa shape index (κ2) is 8.27. The Kier molecular flexibility index (Phi) is 7.13. The summed E-state index contributed by atoms with van der Waals surface area (Å²) >= 11 is 0. The van der Waals surface area contributed by atoms with Gasteiger partial charge in [0.1, 0.15) is 16.4 Å². The third-order valence-corrected chi connectivity index (χ3v) is 5.25. The Morgan fingerprint density at radius 1 is 1.36 bits per heavy atom. The molecule has 0 radical (unpaired) electrons. The van der Waals surface area contributed by atoms with Gasteiger partial charge >= 0.3 is 0 Å². The number of sulfonamides is 1. The molecular formula is C16H24ClFN4O2S. The maximum atomic E-state index is 13.8. The van der Waals surface area contributed by atoms with Crippen LogP contribution in [0.5, 0.6) is 0 Å². The van der Waals surface area contributed by atoms with E-state index in [1.165, 1.54) is 29.2 Å². The Bertz CT molecular complexity index is 810. The molecule has 0 saturated carbocycles. The lowest BCUT2D eigenvalue weighted by atomic mass is 9.92. The van der Waals surface area contributed by atoms with E-state index < -0.39 is 21.4 Å². The van der Waals surface area contributed by atoms with E-state index in [0.717, 1.165) is 0 Å². The molecule has 0 saturated heterocycles. The maximum Gasteiger partial charge on any atom is 0.244 e. The smallest absolute Gasteiger partial charge is 0.244 e. The molecule has 0 spiro atoms. The van der Waals surface area contributed by atoms with Gasteiger partial charge in [0.05, 0.1) is 12.4 Å². The molecule has 1 unspecified atom stereocenters. The third-order valence-electron chi connectivity index (χ3n) is 3.66. The number of halogens is 2. The Hall–Kier alpha value is -1.48. The highest BCUT2D eigenvalue weighted by molar-refractivity contribution is 7.89. The molecule has 140 valence electrons. The number of benzene rings is 1. The maximum absolute atomic E-state index is 13.8. The van der Waals surface area contributed by atoms with Crippen molar-refractivity contribution >= 4 is 22.4 Å². The number of aromatic nitrogens is 2. The van der Waals surface area contributed by atoms with Crippen LogP contribution < -0.4 is 10.5 Å². The van der Waals surface area contributed by atoms with E-state index in [1.54, 1.807) is 19.1 Å². The predicted molar refractivity (Wildman–Crippen MR) is 98.0 cm³/mol. The van der Waals surface area contributed by atoms with Crippen molar-refractivity contribution in [3.05, 3.63) is 42.5 Å². The van der Waals surface area contributed by atoms with Gasteiger partial charge in [0.2, 0.25) is 10.0 Å². The molecule has 1 heterocycles. The first-order valence-corrected chi connectivity index (χ1v) is 9.19. The quantitative estimate of drug-likeness (QED) is 0.759.